The van der Waals surface area contributed by atoms with Crippen molar-refractivity contribution in [2.45, 2.75) is 132 Å². The Balaban J connectivity index is 0.961. The number of hydrogen-bond acceptors (Lipinski definition) is 17. The third-order valence-corrected chi connectivity index (χ3v) is 11.9. The van der Waals surface area contributed by atoms with Gasteiger partial charge in [0.05, 0.1) is 46.2 Å². The number of nitrogens with one attached hydrogen (secondary N) is 3. The first-order chi connectivity index (χ1) is 31.9. The lowest BCUT2D eigenvalue weighted by molar-refractivity contribution is -0.322. The summed E-state index contributed by atoms with van der Waals surface area (Å²) in [6.07, 6.45) is 4.47. The fourth-order valence-corrected chi connectivity index (χ4v) is 8.05. The first kappa shape index (κ1) is 55.0. The predicted octanol–water partition coefficient (Wildman–Crippen LogP) is -1.19. The van der Waals surface area contributed by atoms with E-state index in [1.54, 1.807) is 0 Å². The Bertz CT molecular complexity index is 1540. The average Bonchev–Trinajstić information content (AvgIpc) is 3.63. The zero-order valence-electron chi connectivity index (χ0n) is 38.1. The van der Waals surface area contributed by atoms with Gasteiger partial charge in [0.25, 0.3) is 11.8 Å². The van der Waals surface area contributed by atoms with E-state index in [4.69, 9.17) is 44.3 Å². The van der Waals surface area contributed by atoms with Crippen LogP contribution in [0.4, 0.5) is 0 Å². The van der Waals surface area contributed by atoms with Crippen molar-refractivity contribution in [1.82, 2.24) is 20.9 Å². The molecule has 0 spiro atoms. The van der Waals surface area contributed by atoms with Crippen molar-refractivity contribution in [2.75, 3.05) is 86.1 Å². The highest BCUT2D eigenvalue weighted by Crippen LogP contribution is 2.30. The van der Waals surface area contributed by atoms with Gasteiger partial charge >= 0.3 is 0 Å². The highest BCUT2D eigenvalue weighted by atomic mass is 16.7. The number of imide groups is 1. The van der Waals surface area contributed by atoms with E-state index in [9.17, 15) is 44.4 Å². The number of hydrogen-bond donors (Lipinski definition) is 7. The van der Waals surface area contributed by atoms with E-state index >= 15 is 0 Å². The maximum atomic E-state index is 12.5. The predicted molar refractivity (Wildman–Crippen MR) is 233 cm³/mol. The summed E-state index contributed by atoms with van der Waals surface area (Å²) in [5, 5.41) is 51.1. The molecular formula is C45H72N4O17. The van der Waals surface area contributed by atoms with Gasteiger partial charge < -0.3 is 74.3 Å². The van der Waals surface area contributed by atoms with Gasteiger partial charge in [-0.15, -0.1) is 6.42 Å². The minimum atomic E-state index is -1.46. The lowest BCUT2D eigenvalue weighted by Gasteiger charge is -2.43. The summed E-state index contributed by atoms with van der Waals surface area (Å²) in [6, 6.07) is 0. The lowest BCUT2D eigenvalue weighted by Crippen LogP contribution is -2.61. The largest absolute Gasteiger partial charge is 0.387 e. The van der Waals surface area contributed by atoms with Gasteiger partial charge in [-0.2, -0.15) is 0 Å². The fraction of sp³-hybridized carbons (Fsp3) is 0.800. The van der Waals surface area contributed by atoms with Crippen molar-refractivity contribution in [1.29, 1.82) is 0 Å². The average molecular weight is 941 g/mol. The Labute approximate surface area is 386 Å². The smallest absolute Gasteiger partial charge is 0.253 e. The Morgan fingerprint density at radius 2 is 1.33 bits per heavy atom. The van der Waals surface area contributed by atoms with Gasteiger partial charge in [0.2, 0.25) is 17.7 Å². The molecule has 21 nitrogen and oxygen atoms in total. The molecule has 2 saturated heterocycles. The van der Waals surface area contributed by atoms with Crippen molar-refractivity contribution in [3.8, 4) is 12.3 Å². The van der Waals surface area contributed by atoms with Gasteiger partial charge in [0.1, 0.15) is 42.7 Å². The number of aliphatic hydroxyl groups is 4. The van der Waals surface area contributed by atoms with E-state index in [1.807, 2.05) is 0 Å². The normalized spacial score (nSPS) is 28.8. The summed E-state index contributed by atoms with van der Waals surface area (Å²) < 4.78 is 45.1. The molecule has 21 heteroatoms. The number of methoxy groups -OCH3 is 1. The Morgan fingerprint density at radius 1 is 0.727 bits per heavy atom. The van der Waals surface area contributed by atoms with Gasteiger partial charge in [0, 0.05) is 70.9 Å². The first-order valence-corrected chi connectivity index (χ1v) is 23.2. The molecule has 1 aliphatic carbocycles. The zero-order chi connectivity index (χ0) is 47.7. The van der Waals surface area contributed by atoms with Gasteiger partial charge in [-0.05, 0) is 57.3 Å². The van der Waals surface area contributed by atoms with Crippen LogP contribution in [0.2, 0.25) is 0 Å². The summed E-state index contributed by atoms with van der Waals surface area (Å²) in [5.74, 6) is 1.68. The SMILES string of the molecule is C#CCNC(=O)CCCCCO[C@H]1[C@H](O)[C@@H](O)[C@@H](OC)O[C@@H]1CO[C@H]1OC[C@@H](OCCCCCC(=O)NCCOCCOCCNC(=O)C2CCC(CN3C(=O)C=CC3=O)CC2)[C@H](O)[C@H]1O. The highest BCUT2D eigenvalue weighted by Gasteiger charge is 2.47. The number of unbranched alkanes of at least 4 members (excludes halogenated alkanes) is 4. The number of ether oxygens (including phenoxy) is 8. The molecule has 0 bridgehead atoms. The van der Waals surface area contributed by atoms with Crippen LogP contribution in [0.3, 0.4) is 0 Å². The van der Waals surface area contributed by atoms with E-state index in [-0.39, 0.29) is 74.3 Å². The van der Waals surface area contributed by atoms with Crippen molar-refractivity contribution in [3.63, 3.8) is 0 Å². The summed E-state index contributed by atoms with van der Waals surface area (Å²) in [7, 11) is 1.32. The molecule has 3 heterocycles. The molecule has 3 fully saturated rings. The molecule has 0 unspecified atom stereocenters. The van der Waals surface area contributed by atoms with E-state index < -0.39 is 55.3 Å². The summed E-state index contributed by atoms with van der Waals surface area (Å²) in [6.45, 7) is 2.86. The molecular weight excluding hydrogens is 869 g/mol. The van der Waals surface area contributed by atoms with E-state index in [0.29, 0.717) is 97.4 Å². The van der Waals surface area contributed by atoms with Gasteiger partial charge in [-0.1, -0.05) is 18.8 Å². The minimum absolute atomic E-state index is 0.00953. The summed E-state index contributed by atoms with van der Waals surface area (Å²) in [4.78, 5) is 61.4. The molecule has 374 valence electrons. The minimum Gasteiger partial charge on any atom is -0.387 e. The molecule has 5 amide bonds. The van der Waals surface area contributed by atoms with Crippen LogP contribution in [0.15, 0.2) is 12.2 Å². The quantitative estimate of drug-likeness (QED) is 0.0245. The van der Waals surface area contributed by atoms with Crippen LogP contribution in [0, 0.1) is 24.2 Å². The van der Waals surface area contributed by atoms with Crippen LogP contribution in [-0.2, 0) is 61.9 Å². The molecule has 4 rings (SSSR count). The zero-order valence-corrected chi connectivity index (χ0v) is 38.1. The number of aliphatic hydroxyl groups excluding tert-OH is 4. The monoisotopic (exact) mass is 940 g/mol. The first-order valence-electron chi connectivity index (χ1n) is 23.2. The third kappa shape index (κ3) is 18.8. The Kier molecular flexibility index (Phi) is 25.6. The molecule has 7 N–H and O–H groups in total. The lowest BCUT2D eigenvalue weighted by atomic mass is 9.81. The van der Waals surface area contributed by atoms with Crippen molar-refractivity contribution in [3.05, 3.63) is 12.2 Å². The van der Waals surface area contributed by atoms with Gasteiger partial charge in [-0.3, -0.25) is 28.9 Å². The second kappa shape index (κ2) is 30.7. The van der Waals surface area contributed by atoms with Crippen LogP contribution in [-0.4, -0.2) is 196 Å². The van der Waals surface area contributed by atoms with E-state index in [1.165, 1.54) is 24.2 Å². The number of nitrogens with zero attached hydrogens (tertiary/aromatic N) is 1. The molecule has 66 heavy (non-hydrogen) atoms. The Morgan fingerprint density at radius 3 is 1.97 bits per heavy atom. The van der Waals surface area contributed by atoms with Crippen LogP contribution in [0.5, 0.6) is 0 Å². The molecule has 0 aromatic heterocycles. The number of carbonyl (C=O) groups excluding carboxylic acids is 5. The van der Waals surface area contributed by atoms with Crippen LogP contribution >= 0.6 is 0 Å². The van der Waals surface area contributed by atoms with Crippen molar-refractivity contribution >= 4 is 29.5 Å². The van der Waals surface area contributed by atoms with Crippen molar-refractivity contribution in [2.24, 2.45) is 11.8 Å². The van der Waals surface area contributed by atoms with Gasteiger partial charge in [-0.25, -0.2) is 0 Å². The van der Waals surface area contributed by atoms with Crippen molar-refractivity contribution < 1.29 is 82.3 Å². The second-order valence-corrected chi connectivity index (χ2v) is 16.8. The number of rotatable bonds is 31. The number of terminal acetylenes is 1. The molecule has 1 saturated carbocycles. The molecule has 0 radical (unpaired) electrons. The molecule has 3 aliphatic heterocycles. The van der Waals surface area contributed by atoms with E-state index in [2.05, 4.69) is 21.9 Å². The molecule has 4 aliphatic rings. The highest BCUT2D eigenvalue weighted by molar-refractivity contribution is 6.12. The topological polar surface area (TPSA) is 279 Å². The maximum Gasteiger partial charge on any atom is 0.253 e. The van der Waals surface area contributed by atoms with E-state index in [0.717, 1.165) is 25.7 Å². The Hall–Kier alpha value is -3.63. The molecule has 0 aromatic carbocycles. The molecule has 9 atom stereocenters. The second-order valence-electron chi connectivity index (χ2n) is 16.8. The number of carbonyl (C=O) groups is 5. The summed E-state index contributed by atoms with van der Waals surface area (Å²) >= 11 is 0. The summed E-state index contributed by atoms with van der Waals surface area (Å²) in [5.41, 5.74) is 0. The molecule has 0 aromatic rings. The standard InChI is InChI=1S/C45H72N4O17/c1-3-18-46-34(50)10-7-5-9-22-63-42-33(66-44(59-2)41(57)39(42)55)29-65-45-40(56)38(54)32(28-64-45)62-21-8-4-6-11-35(51)47-19-23-60-25-26-61-24-20-48-43(58)31-14-12-30(13-15-31)27-49-36(52)16-17-37(49)53/h1,16-17,30-33,38-42,44-45,54-57H,4-15,18-29H2,2H3,(H,46,50)(H,47,51)(H,48,58)/t30?,31?,32-,33-,38+,39-,40-,41-,42-,44+,45-/m1/s1. The van der Waals surface area contributed by atoms with Crippen LogP contribution in [0.1, 0.15) is 77.0 Å². The fourth-order valence-electron chi connectivity index (χ4n) is 8.05. The van der Waals surface area contributed by atoms with Gasteiger partial charge in [0.15, 0.2) is 12.6 Å². The third-order valence-electron chi connectivity index (χ3n) is 11.9. The number of amides is 5. The van der Waals surface area contributed by atoms with Crippen LogP contribution in [0.25, 0.3) is 0 Å². The maximum absolute atomic E-state index is 12.5. The van der Waals surface area contributed by atoms with Crippen LogP contribution < -0.4 is 16.0 Å².